The van der Waals surface area contributed by atoms with Gasteiger partial charge in [-0.3, -0.25) is 4.90 Å². The fourth-order valence-corrected chi connectivity index (χ4v) is 3.06. The van der Waals surface area contributed by atoms with Crippen LogP contribution in [0.15, 0.2) is 28.7 Å². The first-order valence-corrected chi connectivity index (χ1v) is 7.73. The topological polar surface area (TPSA) is 42.4 Å². The van der Waals surface area contributed by atoms with Crippen LogP contribution in [0.3, 0.4) is 0 Å². The van der Waals surface area contributed by atoms with Crippen LogP contribution in [0.25, 0.3) is 11.0 Å². The lowest BCUT2D eigenvalue weighted by Crippen LogP contribution is -2.32. The van der Waals surface area contributed by atoms with Gasteiger partial charge >= 0.3 is 0 Å². The fraction of sp³-hybridized carbons (Fsp3) is 0.529. The minimum atomic E-state index is 0.477. The number of hydrogen-bond donors (Lipinski definition) is 1. The van der Waals surface area contributed by atoms with E-state index in [0.29, 0.717) is 6.54 Å². The fourth-order valence-electron chi connectivity index (χ4n) is 3.06. The number of hydrogen-bond acceptors (Lipinski definition) is 3. The molecule has 0 aliphatic heterocycles. The summed E-state index contributed by atoms with van der Waals surface area (Å²) in [6.45, 7) is 5.96. The Morgan fingerprint density at radius 1 is 1.30 bits per heavy atom. The van der Waals surface area contributed by atoms with Gasteiger partial charge in [-0.15, -0.1) is 0 Å². The van der Waals surface area contributed by atoms with Crippen LogP contribution in [0.5, 0.6) is 0 Å². The van der Waals surface area contributed by atoms with E-state index in [9.17, 15) is 0 Å². The number of benzene rings is 1. The maximum Gasteiger partial charge on any atom is 0.134 e. The van der Waals surface area contributed by atoms with Crippen LogP contribution in [0.2, 0.25) is 0 Å². The molecular weight excluding hydrogens is 248 g/mol. The summed E-state index contributed by atoms with van der Waals surface area (Å²) in [7, 11) is 0. The first-order valence-electron chi connectivity index (χ1n) is 7.73. The van der Waals surface area contributed by atoms with Gasteiger partial charge in [-0.1, -0.05) is 31.5 Å². The second-order valence-corrected chi connectivity index (χ2v) is 5.83. The molecule has 0 unspecified atom stereocenters. The first kappa shape index (κ1) is 13.7. The Kier molecular flexibility index (Phi) is 4.08. The predicted octanol–water partition coefficient (Wildman–Crippen LogP) is 3.51. The maximum atomic E-state index is 5.89. The number of furan rings is 1. The molecule has 1 saturated carbocycles. The van der Waals surface area contributed by atoms with Crippen LogP contribution in [-0.4, -0.2) is 18.0 Å². The largest absolute Gasteiger partial charge is 0.459 e. The molecule has 1 fully saturated rings. The lowest BCUT2D eigenvalue weighted by Gasteiger charge is -2.31. The predicted molar refractivity (Wildman–Crippen MR) is 82.4 cm³/mol. The molecule has 1 aromatic carbocycles. The molecule has 1 heterocycles. The van der Waals surface area contributed by atoms with Gasteiger partial charge in [0.1, 0.15) is 11.3 Å². The van der Waals surface area contributed by atoms with Crippen molar-refractivity contribution in [2.75, 3.05) is 13.1 Å². The molecule has 20 heavy (non-hydrogen) atoms. The van der Waals surface area contributed by atoms with Crippen LogP contribution in [0.4, 0.5) is 0 Å². The lowest BCUT2D eigenvalue weighted by molar-refractivity contribution is 0.178. The van der Waals surface area contributed by atoms with Gasteiger partial charge in [0.05, 0.1) is 6.54 Å². The summed E-state index contributed by atoms with van der Waals surface area (Å²) in [5.41, 5.74) is 8.10. The molecule has 108 valence electrons. The Bertz CT molecular complexity index is 571. The van der Waals surface area contributed by atoms with Crippen LogP contribution in [0, 0.1) is 5.92 Å². The van der Waals surface area contributed by atoms with Gasteiger partial charge in [0, 0.05) is 24.0 Å². The summed E-state index contributed by atoms with van der Waals surface area (Å²) in [6, 6.07) is 8.26. The third-order valence-corrected chi connectivity index (χ3v) is 4.54. The Morgan fingerprint density at radius 2 is 2.10 bits per heavy atom. The van der Waals surface area contributed by atoms with E-state index in [-0.39, 0.29) is 0 Å². The Morgan fingerprint density at radius 3 is 2.75 bits per heavy atom. The Hall–Kier alpha value is -1.32. The van der Waals surface area contributed by atoms with E-state index in [4.69, 9.17) is 10.2 Å². The Balaban J connectivity index is 1.83. The van der Waals surface area contributed by atoms with Crippen LogP contribution < -0.4 is 5.73 Å². The molecule has 3 nitrogen and oxygen atoms in total. The monoisotopic (exact) mass is 272 g/mol. The van der Waals surface area contributed by atoms with Crippen molar-refractivity contribution >= 4 is 11.0 Å². The highest BCUT2D eigenvalue weighted by Crippen LogP contribution is 2.30. The standard InChI is InChI=1S/C17H24N2O/c1-2-19(11-13-6-5-7-13)12-15-14-8-3-4-9-16(14)20-17(15)10-18/h3-4,8-9,13H,2,5-7,10-12,18H2,1H3. The number of nitrogens with zero attached hydrogens (tertiary/aromatic N) is 1. The summed E-state index contributed by atoms with van der Waals surface area (Å²) >= 11 is 0. The highest BCUT2D eigenvalue weighted by Gasteiger charge is 2.22. The summed E-state index contributed by atoms with van der Waals surface area (Å²) in [5, 5.41) is 1.22. The van der Waals surface area contributed by atoms with Gasteiger partial charge in [-0.25, -0.2) is 0 Å². The van der Waals surface area contributed by atoms with E-state index in [0.717, 1.165) is 30.4 Å². The highest BCUT2D eigenvalue weighted by atomic mass is 16.3. The molecule has 3 heteroatoms. The molecule has 0 saturated heterocycles. The first-order chi connectivity index (χ1) is 9.81. The van der Waals surface area contributed by atoms with Crippen molar-refractivity contribution in [3.63, 3.8) is 0 Å². The maximum absolute atomic E-state index is 5.89. The van der Waals surface area contributed by atoms with Crippen LogP contribution in [-0.2, 0) is 13.1 Å². The van der Waals surface area contributed by atoms with Crippen molar-refractivity contribution in [1.82, 2.24) is 4.90 Å². The average Bonchev–Trinajstić information content (AvgIpc) is 2.79. The van der Waals surface area contributed by atoms with E-state index in [1.165, 1.54) is 36.8 Å². The van der Waals surface area contributed by atoms with Gasteiger partial charge in [-0.05, 0) is 31.4 Å². The summed E-state index contributed by atoms with van der Waals surface area (Å²) < 4.78 is 5.89. The third kappa shape index (κ3) is 2.60. The summed E-state index contributed by atoms with van der Waals surface area (Å²) in [6.07, 6.45) is 4.20. The zero-order chi connectivity index (χ0) is 13.9. The van der Waals surface area contributed by atoms with Crippen molar-refractivity contribution in [2.45, 2.75) is 39.3 Å². The number of rotatable bonds is 6. The molecule has 0 amide bonds. The average molecular weight is 272 g/mol. The quantitative estimate of drug-likeness (QED) is 0.875. The lowest BCUT2D eigenvalue weighted by atomic mass is 9.85. The molecule has 0 bridgehead atoms. The molecule has 0 spiro atoms. The van der Waals surface area contributed by atoms with Gasteiger partial charge in [0.15, 0.2) is 0 Å². The summed E-state index contributed by atoms with van der Waals surface area (Å²) in [4.78, 5) is 2.53. The van der Waals surface area contributed by atoms with Crippen molar-refractivity contribution in [2.24, 2.45) is 11.7 Å². The number of para-hydroxylation sites is 1. The molecule has 1 aromatic heterocycles. The Labute approximate surface area is 120 Å². The van der Waals surface area contributed by atoms with Gasteiger partial charge in [0.25, 0.3) is 0 Å². The van der Waals surface area contributed by atoms with Crippen molar-refractivity contribution in [1.29, 1.82) is 0 Å². The van der Waals surface area contributed by atoms with Gasteiger partial charge < -0.3 is 10.2 Å². The zero-order valence-electron chi connectivity index (χ0n) is 12.3. The number of fused-ring (bicyclic) bond motifs is 1. The molecule has 1 aliphatic rings. The summed E-state index contributed by atoms with van der Waals surface area (Å²) in [5.74, 6) is 1.84. The molecule has 1 aliphatic carbocycles. The molecule has 2 N–H and O–H groups in total. The molecule has 0 radical (unpaired) electrons. The van der Waals surface area contributed by atoms with Crippen LogP contribution >= 0.6 is 0 Å². The van der Waals surface area contributed by atoms with E-state index in [1.54, 1.807) is 0 Å². The van der Waals surface area contributed by atoms with Gasteiger partial charge in [0.2, 0.25) is 0 Å². The van der Waals surface area contributed by atoms with E-state index < -0.39 is 0 Å². The van der Waals surface area contributed by atoms with Crippen LogP contribution in [0.1, 0.15) is 37.5 Å². The molecule has 0 atom stereocenters. The van der Waals surface area contributed by atoms with E-state index in [2.05, 4.69) is 24.0 Å². The SMILES string of the molecule is CCN(Cc1c(CN)oc2ccccc12)CC1CCC1. The second-order valence-electron chi connectivity index (χ2n) is 5.83. The van der Waals surface area contributed by atoms with E-state index in [1.807, 2.05) is 12.1 Å². The molecular formula is C17H24N2O. The smallest absolute Gasteiger partial charge is 0.134 e. The minimum Gasteiger partial charge on any atom is -0.459 e. The van der Waals surface area contributed by atoms with Gasteiger partial charge in [-0.2, -0.15) is 0 Å². The van der Waals surface area contributed by atoms with Crippen molar-refractivity contribution < 1.29 is 4.42 Å². The zero-order valence-corrected chi connectivity index (χ0v) is 12.3. The number of nitrogens with two attached hydrogens (primary N) is 1. The van der Waals surface area contributed by atoms with Crippen molar-refractivity contribution in [3.8, 4) is 0 Å². The van der Waals surface area contributed by atoms with Crippen molar-refractivity contribution in [3.05, 3.63) is 35.6 Å². The normalized spacial score (nSPS) is 15.9. The molecule has 2 aromatic rings. The molecule has 3 rings (SSSR count). The van der Waals surface area contributed by atoms with E-state index >= 15 is 0 Å². The highest BCUT2D eigenvalue weighted by molar-refractivity contribution is 5.82. The third-order valence-electron chi connectivity index (χ3n) is 4.54. The minimum absolute atomic E-state index is 0.477. The second kappa shape index (κ2) is 5.98.